The first-order valence-corrected chi connectivity index (χ1v) is 12.0. The molecule has 3 heterocycles. The first-order chi connectivity index (χ1) is 15.6. The van der Waals surface area contributed by atoms with Crippen molar-refractivity contribution < 1.29 is 9.59 Å². The molecule has 5 rings (SSSR count). The average molecular weight is 434 g/mol. The van der Waals surface area contributed by atoms with E-state index in [1.54, 1.807) is 4.57 Å². The third kappa shape index (κ3) is 3.98. The molecule has 0 radical (unpaired) electrons. The summed E-state index contributed by atoms with van der Waals surface area (Å²) in [4.78, 5) is 43.5. The number of aryl methyl sites for hydroxylation is 2. The van der Waals surface area contributed by atoms with Crippen LogP contribution >= 0.6 is 0 Å². The van der Waals surface area contributed by atoms with Gasteiger partial charge in [-0.1, -0.05) is 36.8 Å². The van der Waals surface area contributed by atoms with Crippen LogP contribution in [0.25, 0.3) is 0 Å². The van der Waals surface area contributed by atoms with Gasteiger partial charge in [0.2, 0.25) is 5.91 Å². The maximum Gasteiger partial charge on any atom is 0.263 e. The van der Waals surface area contributed by atoms with E-state index >= 15 is 0 Å². The summed E-state index contributed by atoms with van der Waals surface area (Å²) in [6.45, 7) is 3.05. The van der Waals surface area contributed by atoms with Crippen LogP contribution in [0.3, 0.4) is 0 Å². The van der Waals surface area contributed by atoms with Crippen molar-refractivity contribution in [2.45, 2.75) is 58.0 Å². The van der Waals surface area contributed by atoms with Crippen molar-refractivity contribution in [2.75, 3.05) is 19.6 Å². The summed E-state index contributed by atoms with van der Waals surface area (Å²) in [6.07, 6.45) is 8.29. The Morgan fingerprint density at radius 2 is 1.69 bits per heavy atom. The Morgan fingerprint density at radius 3 is 2.38 bits per heavy atom. The van der Waals surface area contributed by atoms with Gasteiger partial charge in [-0.2, -0.15) is 0 Å². The Kier molecular flexibility index (Phi) is 5.85. The van der Waals surface area contributed by atoms with Crippen LogP contribution in [-0.2, 0) is 30.7 Å². The number of rotatable bonds is 5. The molecule has 1 saturated heterocycles. The highest BCUT2D eigenvalue weighted by Crippen LogP contribution is 2.31. The van der Waals surface area contributed by atoms with Crippen molar-refractivity contribution in [3.63, 3.8) is 0 Å². The van der Waals surface area contributed by atoms with Gasteiger partial charge in [0.1, 0.15) is 5.56 Å². The molecule has 1 saturated carbocycles. The van der Waals surface area contributed by atoms with Gasteiger partial charge in [0.05, 0.1) is 0 Å². The molecule has 168 valence electrons. The number of carbonyl (C=O) groups excluding carboxylic acids is 2. The zero-order valence-electron chi connectivity index (χ0n) is 18.6. The van der Waals surface area contributed by atoms with Crippen molar-refractivity contribution in [1.29, 1.82) is 0 Å². The Hall–Kier alpha value is -2.89. The lowest BCUT2D eigenvalue weighted by Gasteiger charge is -2.35. The normalized spacial score (nSPS) is 18.4. The molecule has 6 heteroatoms. The van der Waals surface area contributed by atoms with E-state index in [4.69, 9.17) is 0 Å². The zero-order valence-corrected chi connectivity index (χ0v) is 18.6. The number of fused-ring (bicyclic) bond motifs is 1. The molecule has 1 aliphatic carbocycles. The van der Waals surface area contributed by atoms with Gasteiger partial charge in [-0.05, 0) is 55.2 Å². The van der Waals surface area contributed by atoms with Crippen LogP contribution in [0.4, 0.5) is 0 Å². The molecule has 2 aliphatic heterocycles. The minimum Gasteiger partial charge on any atom is -0.338 e. The minimum absolute atomic E-state index is 0.128. The Morgan fingerprint density at radius 1 is 0.938 bits per heavy atom. The van der Waals surface area contributed by atoms with Gasteiger partial charge in [0.15, 0.2) is 0 Å². The van der Waals surface area contributed by atoms with Gasteiger partial charge in [-0.15, -0.1) is 0 Å². The van der Waals surface area contributed by atoms with E-state index in [9.17, 15) is 14.4 Å². The molecule has 32 heavy (non-hydrogen) atoms. The fraction of sp³-hybridized carbons (Fsp3) is 0.500. The summed E-state index contributed by atoms with van der Waals surface area (Å²) in [7, 11) is 0. The van der Waals surface area contributed by atoms with E-state index in [1.807, 2.05) is 34.2 Å². The number of benzene rings is 1. The van der Waals surface area contributed by atoms with Gasteiger partial charge < -0.3 is 14.4 Å². The van der Waals surface area contributed by atoms with E-state index in [0.717, 1.165) is 68.3 Å². The molecule has 2 fully saturated rings. The maximum atomic E-state index is 13.5. The number of hydrogen-bond donors (Lipinski definition) is 0. The second-order valence-corrected chi connectivity index (χ2v) is 9.38. The first-order valence-electron chi connectivity index (χ1n) is 12.0. The number of nitrogens with zero attached hydrogens (tertiary/aromatic N) is 3. The SMILES string of the molecule is O=C(c1c2c(cn(CCc3ccccc3)c1=O)CN(C(=O)C1CCC1)CC2)N1CCCC1. The summed E-state index contributed by atoms with van der Waals surface area (Å²) >= 11 is 0. The second kappa shape index (κ2) is 8.93. The topological polar surface area (TPSA) is 62.6 Å². The summed E-state index contributed by atoms with van der Waals surface area (Å²) in [5, 5.41) is 0. The summed E-state index contributed by atoms with van der Waals surface area (Å²) in [6, 6.07) is 10.1. The van der Waals surface area contributed by atoms with Crippen molar-refractivity contribution in [3.05, 3.63) is 69.1 Å². The molecule has 0 N–H and O–H groups in total. The molecule has 0 unspecified atom stereocenters. The number of amides is 2. The highest BCUT2D eigenvalue weighted by Gasteiger charge is 2.34. The molecule has 0 spiro atoms. The van der Waals surface area contributed by atoms with E-state index in [-0.39, 0.29) is 23.3 Å². The molecule has 6 nitrogen and oxygen atoms in total. The molecular formula is C26H31N3O3. The highest BCUT2D eigenvalue weighted by atomic mass is 16.2. The largest absolute Gasteiger partial charge is 0.338 e. The lowest BCUT2D eigenvalue weighted by molar-refractivity contribution is -0.139. The third-order valence-electron chi connectivity index (χ3n) is 7.33. The van der Waals surface area contributed by atoms with Crippen LogP contribution in [-0.4, -0.2) is 45.8 Å². The minimum atomic E-state index is -0.185. The molecule has 0 atom stereocenters. The maximum absolute atomic E-state index is 13.5. The van der Waals surface area contributed by atoms with Gasteiger partial charge in [-0.3, -0.25) is 14.4 Å². The second-order valence-electron chi connectivity index (χ2n) is 9.38. The average Bonchev–Trinajstić information content (AvgIpc) is 3.31. The van der Waals surface area contributed by atoms with Crippen LogP contribution in [0.2, 0.25) is 0 Å². The van der Waals surface area contributed by atoms with Gasteiger partial charge in [0, 0.05) is 44.8 Å². The quantitative estimate of drug-likeness (QED) is 0.728. The van der Waals surface area contributed by atoms with Crippen LogP contribution in [0.15, 0.2) is 41.3 Å². The molecule has 1 aromatic heterocycles. The van der Waals surface area contributed by atoms with Crippen LogP contribution in [0.5, 0.6) is 0 Å². The summed E-state index contributed by atoms with van der Waals surface area (Å²) < 4.78 is 1.70. The molecule has 0 bridgehead atoms. The van der Waals surface area contributed by atoms with Gasteiger partial charge in [-0.25, -0.2) is 0 Å². The number of hydrogen-bond acceptors (Lipinski definition) is 3. The van der Waals surface area contributed by atoms with Crippen molar-refractivity contribution in [1.82, 2.24) is 14.4 Å². The highest BCUT2D eigenvalue weighted by molar-refractivity contribution is 5.96. The van der Waals surface area contributed by atoms with Crippen molar-refractivity contribution in [3.8, 4) is 0 Å². The zero-order chi connectivity index (χ0) is 22.1. The summed E-state index contributed by atoms with van der Waals surface area (Å²) in [5.74, 6) is 0.263. The van der Waals surface area contributed by atoms with E-state index in [1.165, 1.54) is 0 Å². The van der Waals surface area contributed by atoms with Crippen molar-refractivity contribution in [2.24, 2.45) is 5.92 Å². The molecule has 2 amide bonds. The lowest BCUT2D eigenvalue weighted by Crippen LogP contribution is -2.44. The number of likely N-dealkylation sites (tertiary alicyclic amines) is 1. The third-order valence-corrected chi connectivity index (χ3v) is 7.33. The fourth-order valence-corrected chi connectivity index (χ4v) is 5.17. The first kappa shape index (κ1) is 21.0. The Bertz CT molecular complexity index is 1070. The standard InChI is InChI=1S/C26H31N3O3/c30-24(20-9-6-10-20)28-16-12-22-21(17-28)18-29(15-11-19-7-2-1-3-8-19)26(32)23(22)25(31)27-13-4-5-14-27/h1-3,7-8,18,20H,4-6,9-17H2. The monoisotopic (exact) mass is 433 g/mol. The van der Waals surface area contributed by atoms with E-state index < -0.39 is 0 Å². The number of carbonyl (C=O) groups is 2. The predicted molar refractivity (Wildman–Crippen MR) is 122 cm³/mol. The molecule has 2 aromatic rings. The molecular weight excluding hydrogens is 402 g/mol. The van der Waals surface area contributed by atoms with Crippen LogP contribution < -0.4 is 5.56 Å². The molecule has 3 aliphatic rings. The van der Waals surface area contributed by atoms with Gasteiger partial charge >= 0.3 is 0 Å². The summed E-state index contributed by atoms with van der Waals surface area (Å²) in [5.41, 5.74) is 3.13. The lowest BCUT2D eigenvalue weighted by atomic mass is 9.83. The van der Waals surface area contributed by atoms with E-state index in [2.05, 4.69) is 12.1 Å². The Labute approximate surface area is 188 Å². The van der Waals surface area contributed by atoms with E-state index in [0.29, 0.717) is 31.6 Å². The predicted octanol–water partition coefficient (Wildman–Crippen LogP) is 3.01. The number of aromatic nitrogens is 1. The Balaban J connectivity index is 1.48. The van der Waals surface area contributed by atoms with Crippen LogP contribution in [0.1, 0.15) is 59.2 Å². The van der Waals surface area contributed by atoms with Gasteiger partial charge in [0.25, 0.3) is 11.5 Å². The fourth-order valence-electron chi connectivity index (χ4n) is 5.17. The smallest absolute Gasteiger partial charge is 0.263 e. The molecule has 1 aromatic carbocycles. The van der Waals surface area contributed by atoms with Crippen molar-refractivity contribution >= 4 is 11.8 Å². The number of pyridine rings is 1. The van der Waals surface area contributed by atoms with Crippen LogP contribution in [0, 0.1) is 5.92 Å².